The van der Waals surface area contributed by atoms with Crippen LogP contribution < -0.4 is 0 Å². The molecule has 0 radical (unpaired) electrons. The van der Waals surface area contributed by atoms with E-state index in [1.807, 2.05) is 18.2 Å². The minimum Gasteiger partial charge on any atom is -0.382 e. The summed E-state index contributed by atoms with van der Waals surface area (Å²) >= 11 is 1.40. The van der Waals surface area contributed by atoms with Gasteiger partial charge in [-0.1, -0.05) is 31.2 Å². The second-order valence-corrected chi connectivity index (χ2v) is 9.82. The van der Waals surface area contributed by atoms with Crippen molar-refractivity contribution in [2.24, 2.45) is 0 Å². The van der Waals surface area contributed by atoms with Crippen molar-refractivity contribution in [2.45, 2.75) is 35.9 Å². The lowest BCUT2D eigenvalue weighted by atomic mass is 9.90. The number of nitriles is 1. The maximum atomic E-state index is 14.7. The summed E-state index contributed by atoms with van der Waals surface area (Å²) in [6.45, 7) is 2.45. The number of nitrogens with zero attached hydrogens (tertiary/aromatic N) is 4. The standard InChI is InChI=1S/C25H24F2N4O3S/c1-17(25(32,14-31-16-29-15-30-31)22-8-7-20(26)10-23(22)27)35-21-12-33-24(34-13-21)9-6-18-2-4-19(11-28)5-3-18/h2-10,15-17,21,24,32H,12-14H2,1H3/b9-6+/t17-,21-,24-,25-/m1/s1. The summed E-state index contributed by atoms with van der Waals surface area (Å²) in [5.41, 5.74) is -0.204. The molecule has 2 heterocycles. The van der Waals surface area contributed by atoms with Crippen molar-refractivity contribution in [3.05, 3.63) is 89.5 Å². The molecule has 3 aromatic rings. The third-order valence-electron chi connectivity index (χ3n) is 5.71. The zero-order valence-electron chi connectivity index (χ0n) is 18.9. The van der Waals surface area contributed by atoms with E-state index in [0.29, 0.717) is 18.8 Å². The Balaban J connectivity index is 1.40. The molecule has 0 spiro atoms. The van der Waals surface area contributed by atoms with Gasteiger partial charge in [-0.2, -0.15) is 10.4 Å². The Morgan fingerprint density at radius 1 is 1.26 bits per heavy atom. The first-order valence-corrected chi connectivity index (χ1v) is 11.9. The van der Waals surface area contributed by atoms with E-state index in [2.05, 4.69) is 16.2 Å². The van der Waals surface area contributed by atoms with Gasteiger partial charge in [0, 0.05) is 16.9 Å². The zero-order chi connectivity index (χ0) is 24.8. The summed E-state index contributed by atoms with van der Waals surface area (Å²) in [5, 5.41) is 23.9. The fraction of sp³-hybridized carbons (Fsp3) is 0.320. The molecule has 0 bridgehead atoms. The van der Waals surface area contributed by atoms with E-state index in [1.54, 1.807) is 25.1 Å². The van der Waals surface area contributed by atoms with Crippen molar-refractivity contribution in [2.75, 3.05) is 13.2 Å². The van der Waals surface area contributed by atoms with E-state index >= 15 is 0 Å². The first-order valence-electron chi connectivity index (χ1n) is 10.9. The van der Waals surface area contributed by atoms with Gasteiger partial charge in [0.1, 0.15) is 29.9 Å². The van der Waals surface area contributed by atoms with Crippen LogP contribution >= 0.6 is 11.8 Å². The third-order valence-corrected chi connectivity index (χ3v) is 7.17. The number of hydrogen-bond acceptors (Lipinski definition) is 7. The molecule has 2 atom stereocenters. The van der Waals surface area contributed by atoms with Crippen molar-refractivity contribution in [3.63, 3.8) is 0 Å². The Labute approximate surface area is 206 Å². The Kier molecular flexibility index (Phi) is 7.93. The van der Waals surface area contributed by atoms with E-state index in [1.165, 1.54) is 35.2 Å². The fourth-order valence-electron chi connectivity index (χ4n) is 3.78. The number of benzene rings is 2. The number of thioether (sulfide) groups is 1. The van der Waals surface area contributed by atoms with Crippen LogP contribution in [0.1, 0.15) is 23.6 Å². The Bertz CT molecular complexity index is 1190. The maximum Gasteiger partial charge on any atom is 0.177 e. The maximum absolute atomic E-state index is 14.7. The molecule has 1 aliphatic heterocycles. The molecule has 0 amide bonds. The van der Waals surface area contributed by atoms with Crippen LogP contribution in [-0.2, 0) is 21.6 Å². The van der Waals surface area contributed by atoms with E-state index in [9.17, 15) is 13.9 Å². The van der Waals surface area contributed by atoms with Gasteiger partial charge >= 0.3 is 0 Å². The van der Waals surface area contributed by atoms with Crippen LogP contribution in [0.4, 0.5) is 8.78 Å². The molecular weight excluding hydrogens is 474 g/mol. The minimum atomic E-state index is -1.69. The van der Waals surface area contributed by atoms with Gasteiger partial charge in [0.05, 0.1) is 36.6 Å². The predicted octanol–water partition coefficient (Wildman–Crippen LogP) is 3.89. The molecule has 1 N–H and O–H groups in total. The summed E-state index contributed by atoms with van der Waals surface area (Å²) in [4.78, 5) is 3.89. The second kappa shape index (κ2) is 11.1. The molecule has 1 fully saturated rings. The van der Waals surface area contributed by atoms with Gasteiger partial charge < -0.3 is 14.6 Å². The van der Waals surface area contributed by atoms with Crippen molar-refractivity contribution in [1.82, 2.24) is 14.8 Å². The minimum absolute atomic E-state index is 0.0183. The number of rotatable bonds is 8. The molecule has 7 nitrogen and oxygen atoms in total. The highest BCUT2D eigenvalue weighted by molar-refractivity contribution is 8.00. The van der Waals surface area contributed by atoms with Gasteiger partial charge in [0.25, 0.3) is 0 Å². The number of halogens is 2. The van der Waals surface area contributed by atoms with Gasteiger partial charge in [-0.3, -0.25) is 0 Å². The van der Waals surface area contributed by atoms with Gasteiger partial charge in [0.15, 0.2) is 6.29 Å². The molecule has 1 saturated heterocycles. The Morgan fingerprint density at radius 3 is 2.63 bits per heavy atom. The first kappa shape index (κ1) is 25.0. The first-order chi connectivity index (χ1) is 16.9. The van der Waals surface area contributed by atoms with E-state index < -0.39 is 28.8 Å². The average Bonchev–Trinajstić information content (AvgIpc) is 3.36. The highest BCUT2D eigenvalue weighted by Crippen LogP contribution is 2.38. The van der Waals surface area contributed by atoms with Crippen molar-refractivity contribution in [1.29, 1.82) is 5.26 Å². The molecule has 0 unspecified atom stereocenters. The van der Waals surface area contributed by atoms with Crippen molar-refractivity contribution in [3.8, 4) is 6.07 Å². The van der Waals surface area contributed by atoms with Gasteiger partial charge in [-0.15, -0.1) is 11.8 Å². The predicted molar refractivity (Wildman–Crippen MR) is 127 cm³/mol. The number of aromatic nitrogens is 3. The lowest BCUT2D eigenvalue weighted by Gasteiger charge is -2.37. The second-order valence-electron chi connectivity index (χ2n) is 8.17. The van der Waals surface area contributed by atoms with Crippen LogP contribution in [0.5, 0.6) is 0 Å². The van der Waals surface area contributed by atoms with E-state index in [0.717, 1.165) is 17.7 Å². The largest absolute Gasteiger partial charge is 0.382 e. The lowest BCUT2D eigenvalue weighted by Crippen LogP contribution is -2.43. The van der Waals surface area contributed by atoms with Gasteiger partial charge in [0.2, 0.25) is 0 Å². The van der Waals surface area contributed by atoms with Crippen molar-refractivity contribution >= 4 is 17.8 Å². The fourth-order valence-corrected chi connectivity index (χ4v) is 5.10. The molecule has 35 heavy (non-hydrogen) atoms. The van der Waals surface area contributed by atoms with Gasteiger partial charge in [-0.25, -0.2) is 18.4 Å². The SMILES string of the molecule is C[C@@H](S[C@H]1CO[C@H](/C=C/c2ccc(C#N)cc2)OC1)[C@](O)(Cn1cncn1)c1ccc(F)cc1F. The summed E-state index contributed by atoms with van der Waals surface area (Å²) in [5.74, 6) is -1.55. The van der Waals surface area contributed by atoms with Crippen LogP contribution in [0.25, 0.3) is 6.08 Å². The van der Waals surface area contributed by atoms with Crippen molar-refractivity contribution < 1.29 is 23.4 Å². The molecule has 2 aromatic carbocycles. The number of hydrogen-bond donors (Lipinski definition) is 1. The molecule has 1 aliphatic rings. The quantitative estimate of drug-likeness (QED) is 0.504. The highest BCUT2D eigenvalue weighted by atomic mass is 32.2. The van der Waals surface area contributed by atoms with Crippen LogP contribution in [0.15, 0.2) is 61.2 Å². The molecule has 10 heteroatoms. The van der Waals surface area contributed by atoms with Crippen LogP contribution in [0.2, 0.25) is 0 Å². The molecule has 0 aliphatic carbocycles. The summed E-state index contributed by atoms with van der Waals surface area (Å²) in [6.07, 6.45) is 5.88. The van der Waals surface area contributed by atoms with Crippen LogP contribution in [0, 0.1) is 23.0 Å². The average molecular weight is 499 g/mol. The van der Waals surface area contributed by atoms with E-state index in [-0.39, 0.29) is 17.4 Å². The molecule has 1 aromatic heterocycles. The molecule has 4 rings (SSSR count). The molecule has 182 valence electrons. The Morgan fingerprint density at radius 2 is 2.00 bits per heavy atom. The lowest BCUT2D eigenvalue weighted by molar-refractivity contribution is -0.146. The normalized spacial score (nSPS) is 20.9. The topological polar surface area (TPSA) is 93.2 Å². The smallest absolute Gasteiger partial charge is 0.177 e. The van der Waals surface area contributed by atoms with E-state index in [4.69, 9.17) is 14.7 Å². The summed E-state index contributed by atoms with van der Waals surface area (Å²) in [6, 6.07) is 12.4. The molecular formula is C25H24F2N4O3S. The Hall–Kier alpha value is -3.10. The highest BCUT2D eigenvalue weighted by Gasteiger charge is 2.41. The number of ether oxygens (including phenoxy) is 2. The van der Waals surface area contributed by atoms with Crippen LogP contribution in [-0.4, -0.2) is 49.9 Å². The molecule has 0 saturated carbocycles. The number of aliphatic hydroxyl groups is 1. The third kappa shape index (κ3) is 6.13. The monoisotopic (exact) mass is 498 g/mol. The zero-order valence-corrected chi connectivity index (χ0v) is 19.7. The summed E-state index contributed by atoms with van der Waals surface area (Å²) < 4.78 is 41.3. The van der Waals surface area contributed by atoms with Crippen LogP contribution in [0.3, 0.4) is 0 Å². The summed E-state index contributed by atoms with van der Waals surface area (Å²) in [7, 11) is 0. The van der Waals surface area contributed by atoms with Gasteiger partial charge in [-0.05, 0) is 29.8 Å².